The molecule has 2 aromatic carbocycles. The summed E-state index contributed by atoms with van der Waals surface area (Å²) in [5.41, 5.74) is 1.41. The molecule has 0 bridgehead atoms. The van der Waals surface area contributed by atoms with Crippen molar-refractivity contribution in [1.82, 2.24) is 9.13 Å². The monoisotopic (exact) mass is 560 g/mol. The largest absolute Gasteiger partial charge is 0.497 e. The Morgan fingerprint density at radius 1 is 1.11 bits per heavy atom. The first-order chi connectivity index (χ1) is 16.5. The Bertz CT molecular complexity index is 1400. The van der Waals surface area contributed by atoms with Gasteiger partial charge in [0.05, 0.1) is 18.6 Å². The predicted molar refractivity (Wildman–Crippen MR) is 142 cm³/mol. The van der Waals surface area contributed by atoms with E-state index in [2.05, 4.69) is 26.2 Å². The molecule has 0 radical (unpaired) electrons. The van der Waals surface area contributed by atoms with Crippen molar-refractivity contribution in [2.45, 2.75) is 13.8 Å². The molecule has 1 aromatic heterocycles. The molecule has 184 valence electrons. The first kappa shape index (κ1) is 26.3. The van der Waals surface area contributed by atoms with Crippen molar-refractivity contribution in [3.63, 3.8) is 0 Å². The van der Waals surface area contributed by atoms with Gasteiger partial charge in [-0.1, -0.05) is 27.7 Å². The molecule has 1 heterocycles. The quantitative estimate of drug-likeness (QED) is 0.351. The van der Waals surface area contributed by atoms with Crippen molar-refractivity contribution in [2.75, 3.05) is 18.2 Å². The standard InChI is InChI=1S/C24H25BrN4O5S/c1-13-10-15(25)11-14(2)20(13)27-18(30)12-35-21(26-16-6-8-17(34-5)9-7-16)19-22(31)28(3)24(33)29(4)23(19)32/h6-11,31H,12H2,1-5H3,(H,27,30). The highest BCUT2D eigenvalue weighted by Crippen LogP contribution is 2.27. The minimum absolute atomic E-state index is 0.0879. The molecule has 0 saturated carbocycles. The van der Waals surface area contributed by atoms with Crippen LogP contribution in [0.1, 0.15) is 16.7 Å². The molecule has 3 aromatic rings. The van der Waals surface area contributed by atoms with E-state index in [0.29, 0.717) is 17.1 Å². The number of halogens is 1. The van der Waals surface area contributed by atoms with E-state index in [1.807, 2.05) is 26.0 Å². The zero-order chi connectivity index (χ0) is 25.9. The Hall–Kier alpha value is -3.31. The van der Waals surface area contributed by atoms with E-state index >= 15 is 0 Å². The average Bonchev–Trinajstić information content (AvgIpc) is 2.82. The number of ether oxygens (including phenoxy) is 1. The van der Waals surface area contributed by atoms with E-state index in [1.165, 1.54) is 14.1 Å². The zero-order valence-corrected chi connectivity index (χ0v) is 22.3. The molecule has 0 unspecified atom stereocenters. The van der Waals surface area contributed by atoms with Crippen molar-refractivity contribution >= 4 is 50.0 Å². The Balaban J connectivity index is 1.99. The number of carbonyl (C=O) groups is 1. The zero-order valence-electron chi connectivity index (χ0n) is 19.9. The topological polar surface area (TPSA) is 115 Å². The number of amides is 1. The van der Waals surface area contributed by atoms with E-state index in [1.54, 1.807) is 31.4 Å². The third kappa shape index (κ3) is 5.85. The van der Waals surface area contributed by atoms with E-state index in [9.17, 15) is 19.5 Å². The van der Waals surface area contributed by atoms with Gasteiger partial charge in [-0.25, -0.2) is 9.79 Å². The minimum atomic E-state index is -0.717. The van der Waals surface area contributed by atoms with Gasteiger partial charge < -0.3 is 15.2 Å². The van der Waals surface area contributed by atoms with Crippen LogP contribution in [-0.2, 0) is 18.9 Å². The lowest BCUT2D eigenvalue weighted by Crippen LogP contribution is -2.39. The number of aliphatic imine (C=N–C) groups is 1. The summed E-state index contributed by atoms with van der Waals surface area (Å²) in [4.78, 5) is 42.5. The second kappa shape index (κ2) is 11.0. The summed E-state index contributed by atoms with van der Waals surface area (Å²) in [7, 11) is 4.20. The number of aromatic nitrogens is 2. The number of methoxy groups -OCH3 is 1. The molecule has 2 N–H and O–H groups in total. The first-order valence-corrected chi connectivity index (χ1v) is 12.2. The van der Waals surface area contributed by atoms with Gasteiger partial charge in [0.25, 0.3) is 5.56 Å². The number of carbonyl (C=O) groups excluding carboxylic acids is 1. The molecule has 0 fully saturated rings. The number of aromatic hydroxyl groups is 1. The molecule has 0 atom stereocenters. The van der Waals surface area contributed by atoms with E-state index in [-0.39, 0.29) is 22.3 Å². The molecular formula is C24H25BrN4O5S. The Labute approximate surface area is 214 Å². The number of thioether (sulfide) groups is 1. The number of nitrogens with one attached hydrogen (secondary N) is 1. The van der Waals surface area contributed by atoms with Gasteiger partial charge in [0.15, 0.2) is 0 Å². The van der Waals surface area contributed by atoms with Crippen LogP contribution in [-0.4, -0.2) is 38.1 Å². The van der Waals surface area contributed by atoms with Crippen LogP contribution in [0.2, 0.25) is 0 Å². The van der Waals surface area contributed by atoms with Crippen LogP contribution in [0.15, 0.2) is 55.5 Å². The van der Waals surface area contributed by atoms with Crippen molar-refractivity contribution in [1.29, 1.82) is 0 Å². The summed E-state index contributed by atoms with van der Waals surface area (Å²) in [5.74, 6) is -0.307. The number of nitrogens with zero attached hydrogens (tertiary/aromatic N) is 3. The minimum Gasteiger partial charge on any atom is -0.497 e. The van der Waals surface area contributed by atoms with Crippen molar-refractivity contribution in [2.24, 2.45) is 19.1 Å². The molecule has 1 amide bonds. The van der Waals surface area contributed by atoms with Crippen LogP contribution in [0, 0.1) is 13.8 Å². The number of hydrogen-bond donors (Lipinski definition) is 2. The van der Waals surface area contributed by atoms with Gasteiger partial charge in [-0.2, -0.15) is 0 Å². The molecule has 0 aliphatic carbocycles. The second-order valence-corrected chi connectivity index (χ2v) is 9.65. The molecule has 3 rings (SSSR count). The highest BCUT2D eigenvalue weighted by Gasteiger charge is 2.22. The van der Waals surface area contributed by atoms with Gasteiger partial charge in [-0.3, -0.25) is 18.7 Å². The van der Waals surface area contributed by atoms with Gasteiger partial charge >= 0.3 is 5.69 Å². The van der Waals surface area contributed by atoms with Crippen LogP contribution in [0.4, 0.5) is 11.4 Å². The van der Waals surface area contributed by atoms with Crippen LogP contribution >= 0.6 is 27.7 Å². The fourth-order valence-corrected chi connectivity index (χ4v) is 4.89. The van der Waals surface area contributed by atoms with Gasteiger partial charge in [0.2, 0.25) is 11.8 Å². The molecule has 0 aliphatic heterocycles. The number of benzene rings is 2. The number of hydrogen-bond acceptors (Lipinski definition) is 7. The summed E-state index contributed by atoms with van der Waals surface area (Å²) >= 11 is 4.42. The van der Waals surface area contributed by atoms with Crippen molar-refractivity contribution < 1.29 is 14.6 Å². The maximum Gasteiger partial charge on any atom is 0.333 e. The number of anilines is 1. The van der Waals surface area contributed by atoms with Crippen LogP contribution < -0.4 is 21.3 Å². The van der Waals surface area contributed by atoms with Gasteiger partial charge in [0.1, 0.15) is 16.4 Å². The van der Waals surface area contributed by atoms with Crippen LogP contribution in [0.5, 0.6) is 11.6 Å². The molecule has 0 spiro atoms. The summed E-state index contributed by atoms with van der Waals surface area (Å²) in [6.07, 6.45) is 0. The fourth-order valence-electron chi connectivity index (χ4n) is 3.37. The molecule has 11 heteroatoms. The van der Waals surface area contributed by atoms with Gasteiger partial charge in [-0.15, -0.1) is 0 Å². The fraction of sp³-hybridized carbons (Fsp3) is 0.250. The maximum atomic E-state index is 12.9. The Kier molecular flexibility index (Phi) is 8.23. The average molecular weight is 561 g/mol. The van der Waals surface area contributed by atoms with Crippen LogP contribution in [0.25, 0.3) is 0 Å². The smallest absolute Gasteiger partial charge is 0.333 e. The van der Waals surface area contributed by atoms with E-state index in [0.717, 1.165) is 36.5 Å². The summed E-state index contributed by atoms with van der Waals surface area (Å²) in [6.45, 7) is 3.78. The lowest BCUT2D eigenvalue weighted by atomic mass is 10.1. The SMILES string of the molecule is COc1ccc(N=C(SCC(=O)Nc2c(C)cc(Br)cc2C)c2c(O)n(C)c(=O)n(C)c2=O)cc1. The van der Waals surface area contributed by atoms with E-state index in [4.69, 9.17) is 4.74 Å². The highest BCUT2D eigenvalue weighted by molar-refractivity contribution is 9.10. The summed E-state index contributed by atoms with van der Waals surface area (Å²) in [5, 5.41) is 13.6. The molecular weight excluding hydrogens is 536 g/mol. The van der Waals surface area contributed by atoms with Crippen molar-refractivity contribution in [3.8, 4) is 11.6 Å². The Morgan fingerprint density at radius 2 is 1.71 bits per heavy atom. The molecule has 35 heavy (non-hydrogen) atoms. The van der Waals surface area contributed by atoms with Gasteiger partial charge in [0, 0.05) is 24.3 Å². The number of aryl methyl sites for hydroxylation is 2. The predicted octanol–water partition coefficient (Wildman–Crippen LogP) is 3.63. The summed E-state index contributed by atoms with van der Waals surface area (Å²) < 4.78 is 7.91. The first-order valence-electron chi connectivity index (χ1n) is 10.4. The maximum absolute atomic E-state index is 12.9. The van der Waals surface area contributed by atoms with E-state index < -0.39 is 17.1 Å². The van der Waals surface area contributed by atoms with Crippen molar-refractivity contribution in [3.05, 3.63) is 78.4 Å². The molecule has 0 saturated heterocycles. The Morgan fingerprint density at radius 3 is 2.29 bits per heavy atom. The molecule has 0 aliphatic rings. The third-order valence-corrected chi connectivity index (χ3v) is 6.69. The molecule has 9 nitrogen and oxygen atoms in total. The lowest BCUT2D eigenvalue weighted by Gasteiger charge is -2.14. The normalized spacial score (nSPS) is 11.4. The number of rotatable bonds is 6. The lowest BCUT2D eigenvalue weighted by molar-refractivity contribution is -0.113. The summed E-state index contributed by atoms with van der Waals surface area (Å²) in [6, 6.07) is 10.6. The van der Waals surface area contributed by atoms with Gasteiger partial charge in [-0.05, 0) is 61.4 Å². The second-order valence-electron chi connectivity index (χ2n) is 7.77. The van der Waals surface area contributed by atoms with Crippen LogP contribution in [0.3, 0.4) is 0 Å². The third-order valence-electron chi connectivity index (χ3n) is 5.25. The highest BCUT2D eigenvalue weighted by atomic mass is 79.9.